The number of anilines is 2. The number of piperidine rings is 1. The standard InChI is InChI=1S/C25H24N4O5/c1-34-12-17-21-16-4-2-3-5-18(16)29(22(17)21)25(33)26-14-6-7-15-13(10-14)11-28(24(15)32)19-8-9-20(30)27-23(19)31/h2-7,10,17,19,21-22H,8-9,11-12H2,1H3,(H,26,33)(H,27,30,31). The molecule has 3 aliphatic heterocycles. The predicted octanol–water partition coefficient (Wildman–Crippen LogP) is 2.23. The summed E-state index contributed by atoms with van der Waals surface area (Å²) in [7, 11) is 1.67. The van der Waals surface area contributed by atoms with Gasteiger partial charge in [0.05, 0.1) is 12.6 Å². The third-order valence-electron chi connectivity index (χ3n) is 7.33. The number of nitrogens with one attached hydrogen (secondary N) is 2. The normalized spacial score (nSPS) is 26.7. The van der Waals surface area contributed by atoms with Crippen LogP contribution in [0.5, 0.6) is 0 Å². The van der Waals surface area contributed by atoms with Crippen LogP contribution in [0.4, 0.5) is 16.2 Å². The highest BCUT2D eigenvalue weighted by Gasteiger charge is 2.61. The van der Waals surface area contributed by atoms with E-state index in [4.69, 9.17) is 4.74 Å². The van der Waals surface area contributed by atoms with Gasteiger partial charge in [0.25, 0.3) is 5.91 Å². The first-order chi connectivity index (χ1) is 16.5. The summed E-state index contributed by atoms with van der Waals surface area (Å²) in [6, 6.07) is 12.3. The van der Waals surface area contributed by atoms with Gasteiger partial charge in [0.1, 0.15) is 6.04 Å². The third kappa shape index (κ3) is 3.11. The van der Waals surface area contributed by atoms with Crippen molar-refractivity contribution >= 4 is 35.1 Å². The Hall–Kier alpha value is -3.72. The van der Waals surface area contributed by atoms with E-state index in [1.807, 2.05) is 23.1 Å². The molecule has 9 heteroatoms. The average molecular weight is 460 g/mol. The molecule has 34 heavy (non-hydrogen) atoms. The molecule has 2 aromatic carbocycles. The second-order valence-electron chi connectivity index (χ2n) is 9.27. The number of para-hydroxylation sites is 1. The van der Waals surface area contributed by atoms with Crippen molar-refractivity contribution < 1.29 is 23.9 Å². The number of benzene rings is 2. The van der Waals surface area contributed by atoms with Gasteiger partial charge >= 0.3 is 6.03 Å². The van der Waals surface area contributed by atoms with Crippen LogP contribution in [-0.2, 0) is 20.9 Å². The molecule has 5 amide bonds. The maximum Gasteiger partial charge on any atom is 0.326 e. The minimum Gasteiger partial charge on any atom is -0.384 e. The number of methoxy groups -OCH3 is 1. The molecule has 4 aliphatic rings. The molecule has 0 radical (unpaired) electrons. The van der Waals surface area contributed by atoms with Crippen molar-refractivity contribution in [3.63, 3.8) is 0 Å². The van der Waals surface area contributed by atoms with E-state index in [2.05, 4.69) is 16.7 Å². The molecule has 174 valence electrons. The van der Waals surface area contributed by atoms with E-state index in [0.29, 0.717) is 30.2 Å². The van der Waals surface area contributed by atoms with Crippen molar-refractivity contribution in [2.75, 3.05) is 23.9 Å². The lowest BCUT2D eigenvalue weighted by Gasteiger charge is -2.29. The fourth-order valence-corrected chi connectivity index (χ4v) is 5.75. The van der Waals surface area contributed by atoms with Crippen LogP contribution < -0.4 is 15.5 Å². The Morgan fingerprint density at radius 3 is 2.79 bits per heavy atom. The number of carbonyl (C=O) groups excluding carboxylic acids is 4. The van der Waals surface area contributed by atoms with E-state index in [9.17, 15) is 19.2 Å². The summed E-state index contributed by atoms with van der Waals surface area (Å²) in [6.07, 6.45) is 0.523. The summed E-state index contributed by atoms with van der Waals surface area (Å²) >= 11 is 0. The molecular formula is C25H24N4O5. The van der Waals surface area contributed by atoms with Crippen LogP contribution in [0.3, 0.4) is 0 Å². The van der Waals surface area contributed by atoms with Crippen LogP contribution in [0.25, 0.3) is 0 Å². The number of fused-ring (bicyclic) bond motifs is 4. The van der Waals surface area contributed by atoms with Crippen molar-refractivity contribution in [2.24, 2.45) is 5.92 Å². The molecule has 0 spiro atoms. The Balaban J connectivity index is 1.20. The molecule has 1 saturated heterocycles. The van der Waals surface area contributed by atoms with Crippen LogP contribution in [0, 0.1) is 5.92 Å². The highest BCUT2D eigenvalue weighted by atomic mass is 16.5. The number of rotatable bonds is 4. The van der Waals surface area contributed by atoms with E-state index in [0.717, 1.165) is 11.3 Å². The Labute approximate surface area is 196 Å². The maximum atomic E-state index is 13.3. The maximum absolute atomic E-state index is 13.3. The number of amides is 5. The van der Waals surface area contributed by atoms with Gasteiger partial charge in [0, 0.05) is 48.8 Å². The second-order valence-corrected chi connectivity index (χ2v) is 9.27. The minimum absolute atomic E-state index is 0.0800. The molecular weight excluding hydrogens is 436 g/mol. The molecule has 3 heterocycles. The van der Waals surface area contributed by atoms with Crippen molar-refractivity contribution in [2.45, 2.75) is 37.4 Å². The first-order valence-electron chi connectivity index (χ1n) is 11.4. The quantitative estimate of drug-likeness (QED) is 0.681. The molecule has 2 N–H and O–H groups in total. The lowest BCUT2D eigenvalue weighted by Crippen LogP contribution is -2.52. The van der Waals surface area contributed by atoms with Gasteiger partial charge in [-0.05, 0) is 41.8 Å². The number of urea groups is 1. The van der Waals surface area contributed by atoms with Crippen LogP contribution in [0.15, 0.2) is 42.5 Å². The van der Waals surface area contributed by atoms with Gasteiger partial charge < -0.3 is 15.0 Å². The van der Waals surface area contributed by atoms with Gasteiger partial charge in [-0.1, -0.05) is 18.2 Å². The van der Waals surface area contributed by atoms with E-state index in [1.54, 1.807) is 25.3 Å². The molecule has 0 bridgehead atoms. The lowest BCUT2D eigenvalue weighted by atomic mass is 10.0. The lowest BCUT2D eigenvalue weighted by molar-refractivity contribution is -0.136. The zero-order chi connectivity index (χ0) is 23.6. The van der Waals surface area contributed by atoms with Crippen molar-refractivity contribution in [3.8, 4) is 0 Å². The van der Waals surface area contributed by atoms with Crippen LogP contribution in [0.2, 0.25) is 0 Å². The van der Waals surface area contributed by atoms with Gasteiger partial charge in [-0.2, -0.15) is 0 Å². The predicted molar refractivity (Wildman–Crippen MR) is 122 cm³/mol. The Morgan fingerprint density at radius 2 is 2.00 bits per heavy atom. The van der Waals surface area contributed by atoms with E-state index >= 15 is 0 Å². The van der Waals surface area contributed by atoms with Crippen LogP contribution >= 0.6 is 0 Å². The number of hydrogen-bond donors (Lipinski definition) is 2. The molecule has 0 aromatic heterocycles. The highest BCUT2D eigenvalue weighted by Crippen LogP contribution is 2.60. The summed E-state index contributed by atoms with van der Waals surface area (Å²) in [5.41, 5.74) is 3.94. The number of hydrogen-bond acceptors (Lipinski definition) is 5. The topological polar surface area (TPSA) is 108 Å². The van der Waals surface area contributed by atoms with Gasteiger partial charge in [0.2, 0.25) is 11.8 Å². The van der Waals surface area contributed by atoms with E-state index in [1.165, 1.54) is 10.5 Å². The number of imide groups is 1. The Morgan fingerprint density at radius 1 is 1.18 bits per heavy atom. The number of carbonyl (C=O) groups is 4. The van der Waals surface area contributed by atoms with E-state index < -0.39 is 11.9 Å². The fourth-order valence-electron chi connectivity index (χ4n) is 5.75. The molecule has 4 atom stereocenters. The third-order valence-corrected chi connectivity index (χ3v) is 7.33. The van der Waals surface area contributed by atoms with Gasteiger partial charge in [0.15, 0.2) is 0 Å². The summed E-state index contributed by atoms with van der Waals surface area (Å²) in [4.78, 5) is 53.3. The monoisotopic (exact) mass is 460 g/mol. The summed E-state index contributed by atoms with van der Waals surface area (Å²) in [5, 5.41) is 5.30. The molecule has 6 rings (SSSR count). The first-order valence-corrected chi connectivity index (χ1v) is 11.4. The largest absolute Gasteiger partial charge is 0.384 e. The molecule has 2 fully saturated rings. The summed E-state index contributed by atoms with van der Waals surface area (Å²) in [5.74, 6) is -0.418. The van der Waals surface area contributed by atoms with Gasteiger partial charge in [-0.25, -0.2) is 4.79 Å². The molecule has 2 aromatic rings. The first kappa shape index (κ1) is 20.9. The van der Waals surface area contributed by atoms with Crippen molar-refractivity contribution in [1.82, 2.24) is 10.2 Å². The summed E-state index contributed by atoms with van der Waals surface area (Å²) in [6.45, 7) is 0.863. The summed E-state index contributed by atoms with van der Waals surface area (Å²) < 4.78 is 5.36. The molecule has 1 saturated carbocycles. The van der Waals surface area contributed by atoms with Gasteiger partial charge in [-0.3, -0.25) is 24.6 Å². The minimum atomic E-state index is -0.665. The van der Waals surface area contributed by atoms with Crippen molar-refractivity contribution in [3.05, 3.63) is 59.2 Å². The zero-order valence-corrected chi connectivity index (χ0v) is 18.6. The number of ether oxygens (including phenoxy) is 1. The highest BCUT2D eigenvalue weighted by molar-refractivity contribution is 6.07. The SMILES string of the molecule is COCC1C2c3ccccc3N(C(=O)Nc3ccc4c(c3)CN(C3CCC(=O)NC3=O)C4=O)C12. The Kier molecular flexibility index (Phi) is 4.70. The smallest absolute Gasteiger partial charge is 0.326 e. The second kappa shape index (κ2) is 7.66. The average Bonchev–Trinajstić information content (AvgIpc) is 3.24. The van der Waals surface area contributed by atoms with E-state index in [-0.39, 0.29) is 42.8 Å². The molecule has 1 aliphatic carbocycles. The Bertz CT molecular complexity index is 1240. The van der Waals surface area contributed by atoms with Crippen LogP contribution in [-0.4, -0.2) is 54.5 Å². The van der Waals surface area contributed by atoms with Crippen molar-refractivity contribution in [1.29, 1.82) is 0 Å². The zero-order valence-electron chi connectivity index (χ0n) is 18.6. The van der Waals surface area contributed by atoms with Gasteiger partial charge in [-0.15, -0.1) is 0 Å². The molecule has 4 unspecified atom stereocenters. The molecule has 9 nitrogen and oxygen atoms in total. The number of nitrogens with zero attached hydrogens (tertiary/aromatic N) is 2. The fraction of sp³-hybridized carbons (Fsp3) is 0.360. The van der Waals surface area contributed by atoms with Crippen LogP contribution in [0.1, 0.15) is 40.2 Å².